The summed E-state index contributed by atoms with van der Waals surface area (Å²) in [6, 6.07) is -1.13. The number of hydrogen-bond donors (Lipinski definition) is 7. The molecule has 1 aliphatic rings. The summed E-state index contributed by atoms with van der Waals surface area (Å²) in [7, 11) is -5.36. The van der Waals surface area contributed by atoms with E-state index >= 15 is 0 Å². The first-order chi connectivity index (χ1) is 26.9. The minimum absolute atomic E-state index is 0. The minimum atomic E-state index is -5.36. The quantitative estimate of drug-likeness (QED) is 0.0145. The first-order valence-electron chi connectivity index (χ1n) is 22.2. The van der Waals surface area contributed by atoms with E-state index in [0.717, 1.165) is 38.5 Å². The Balaban J connectivity index is 0.0000314. The number of ether oxygens (including phenoxy) is 2. The highest BCUT2D eigenvalue weighted by Gasteiger charge is 2.47. The molecule has 0 aromatic rings. The molecular weight excluding hydrogens is 757 g/mol. The average molecular weight is 841 g/mol. The average Bonchev–Trinajstić information content (AvgIpc) is 3.16. The summed E-state index contributed by atoms with van der Waals surface area (Å²) in [5.41, 5.74) is 0. The third kappa shape index (κ3) is 28.0. The Labute approximate surface area is 345 Å². The maximum atomic E-state index is 13.1. The first kappa shape index (κ1) is 55.8. The van der Waals surface area contributed by atoms with Gasteiger partial charge >= 0.3 is 0 Å². The molecule has 8 atom stereocenters. The Morgan fingerprint density at radius 3 is 1.61 bits per heavy atom. The summed E-state index contributed by atoms with van der Waals surface area (Å²) in [4.78, 5) is 13.1. The summed E-state index contributed by atoms with van der Waals surface area (Å²) >= 11 is 0. The molecule has 1 aliphatic heterocycles. The highest BCUT2D eigenvalue weighted by molar-refractivity contribution is 7.80. The van der Waals surface area contributed by atoms with Crippen molar-refractivity contribution >= 4 is 16.3 Å². The molecule has 340 valence electrons. The molecule has 0 aliphatic carbocycles. The first-order valence-corrected chi connectivity index (χ1v) is 23.5. The van der Waals surface area contributed by atoms with Crippen LogP contribution in [-0.4, -0.2) is 107 Å². The monoisotopic (exact) mass is 841 g/mol. The van der Waals surface area contributed by atoms with Crippen molar-refractivity contribution in [2.24, 2.45) is 0 Å². The van der Waals surface area contributed by atoms with Gasteiger partial charge in [0, 0.05) is 0 Å². The Kier molecular flexibility index (Phi) is 34.7. The predicted octanol–water partition coefficient (Wildman–Crippen LogP) is 7.00. The van der Waals surface area contributed by atoms with Gasteiger partial charge in [-0.1, -0.05) is 180 Å². The molecule has 0 aromatic heterocycles. The number of amides is 1. The molecular formula is C42H84N2O12S. The highest BCUT2D eigenvalue weighted by Crippen LogP contribution is 2.26. The van der Waals surface area contributed by atoms with Crippen molar-refractivity contribution in [1.82, 2.24) is 11.5 Å². The van der Waals surface area contributed by atoms with E-state index in [0.29, 0.717) is 12.8 Å². The Morgan fingerprint density at radius 1 is 0.737 bits per heavy atom. The van der Waals surface area contributed by atoms with Gasteiger partial charge in [-0.3, -0.25) is 8.98 Å². The van der Waals surface area contributed by atoms with Gasteiger partial charge in [0.2, 0.25) is 16.3 Å². The molecule has 0 bridgehead atoms. The van der Waals surface area contributed by atoms with Crippen LogP contribution >= 0.6 is 0 Å². The summed E-state index contributed by atoms with van der Waals surface area (Å²) in [5, 5.41) is 55.0. The van der Waals surface area contributed by atoms with Crippen LogP contribution in [0.15, 0.2) is 12.2 Å². The number of quaternary nitrogens is 1. The molecule has 10 N–H and O–H groups in total. The summed E-state index contributed by atoms with van der Waals surface area (Å²) in [6.07, 6.45) is 22.6. The lowest BCUT2D eigenvalue weighted by atomic mass is 9.99. The van der Waals surface area contributed by atoms with Crippen molar-refractivity contribution in [2.45, 2.75) is 236 Å². The second-order valence-electron chi connectivity index (χ2n) is 15.8. The van der Waals surface area contributed by atoms with Crippen LogP contribution in [0.5, 0.6) is 0 Å². The van der Waals surface area contributed by atoms with Crippen LogP contribution in [0.25, 0.3) is 0 Å². The van der Waals surface area contributed by atoms with Crippen molar-refractivity contribution in [2.75, 3.05) is 13.2 Å². The van der Waals surface area contributed by atoms with E-state index in [-0.39, 0.29) is 12.6 Å². The number of unbranched alkanes of at least 4 members (excludes halogenated alkanes) is 24. The van der Waals surface area contributed by atoms with Gasteiger partial charge in [0.25, 0.3) is 0 Å². The van der Waals surface area contributed by atoms with Gasteiger partial charge in [-0.15, -0.1) is 0 Å². The lowest BCUT2D eigenvalue weighted by Crippen LogP contribution is -2.61. The Morgan fingerprint density at radius 2 is 1.18 bits per heavy atom. The Hall–Kier alpha value is -1.24. The van der Waals surface area contributed by atoms with Crippen LogP contribution in [0.4, 0.5) is 0 Å². The molecule has 1 rings (SSSR count). The number of nitrogens with one attached hydrogen (secondary N) is 1. The van der Waals surface area contributed by atoms with Gasteiger partial charge in [-0.25, -0.2) is 8.42 Å². The van der Waals surface area contributed by atoms with Gasteiger partial charge in [0.15, 0.2) is 6.29 Å². The molecule has 0 saturated carbocycles. The second-order valence-corrected chi connectivity index (χ2v) is 16.8. The third-order valence-electron chi connectivity index (χ3n) is 10.7. The lowest BCUT2D eigenvalue weighted by molar-refractivity contribution is -0.298. The zero-order chi connectivity index (χ0) is 41.4. The standard InChI is InChI=1S/C42H81NO12S.H3N/c1-3-5-7-9-11-13-15-17-19-21-23-25-27-29-31-36(46)41(49)43-34(35(45)30-28-26-24-22-20-18-16-14-12-10-8-6-4-2)33-53-42-39(48)40(55-56(50,51)52)38(47)37(32-44)54-42;/h28,30,34-40,42,44-48H,3-27,29,31-33H2,1-2H3,(H,43,49)(H,50,51,52);1H3/b30-28+;/t34-,35+,36+,37+,38-,39?,40?,42+;/m0./s1. The predicted molar refractivity (Wildman–Crippen MR) is 223 cm³/mol. The fraction of sp³-hybridized carbons (Fsp3) is 0.929. The highest BCUT2D eigenvalue weighted by atomic mass is 32.3. The zero-order valence-corrected chi connectivity index (χ0v) is 36.6. The van der Waals surface area contributed by atoms with Crippen LogP contribution in [0.1, 0.15) is 187 Å². The molecule has 0 spiro atoms. The summed E-state index contributed by atoms with van der Waals surface area (Å²) < 4.78 is 49.1. The SMILES string of the molecule is CCCCCCCCCCCCC/C=C/[C@@H](O)[C@H](CO[C@@H]1O[C@H](CO)[C@H](O)C(OS(=O)(=O)[O-])C1O)NC(=O)[C@H](O)CCCCCCCCCCCCCCCC.[NH4+]. The Bertz CT molecular complexity index is 1090. The van der Waals surface area contributed by atoms with Crippen LogP contribution in [0, 0.1) is 0 Å². The molecule has 1 amide bonds. The van der Waals surface area contributed by atoms with Crippen molar-refractivity contribution in [1.29, 1.82) is 0 Å². The van der Waals surface area contributed by atoms with Crippen molar-refractivity contribution < 1.29 is 57.0 Å². The van der Waals surface area contributed by atoms with Gasteiger partial charge < -0.3 is 51.0 Å². The number of carbonyl (C=O) groups excluding carboxylic acids is 1. The maximum absolute atomic E-state index is 13.1. The van der Waals surface area contributed by atoms with Crippen molar-refractivity contribution in [3.63, 3.8) is 0 Å². The van der Waals surface area contributed by atoms with E-state index in [2.05, 4.69) is 23.3 Å². The molecule has 2 unspecified atom stereocenters. The number of rotatable bonds is 37. The number of hydrogen-bond acceptors (Lipinski definition) is 12. The van der Waals surface area contributed by atoms with Crippen LogP contribution in [0.2, 0.25) is 0 Å². The fourth-order valence-corrected chi connectivity index (χ4v) is 7.60. The van der Waals surface area contributed by atoms with E-state index in [1.165, 1.54) is 122 Å². The number of allylic oxidation sites excluding steroid dienone is 1. The molecule has 57 heavy (non-hydrogen) atoms. The number of aliphatic hydroxyl groups excluding tert-OH is 5. The van der Waals surface area contributed by atoms with Crippen LogP contribution in [0.3, 0.4) is 0 Å². The van der Waals surface area contributed by atoms with Crippen LogP contribution < -0.4 is 11.5 Å². The van der Waals surface area contributed by atoms with E-state index < -0.39 is 78.5 Å². The molecule has 0 radical (unpaired) electrons. The largest absolute Gasteiger partial charge is 0.726 e. The van der Waals surface area contributed by atoms with E-state index in [1.54, 1.807) is 0 Å². The van der Waals surface area contributed by atoms with E-state index in [9.17, 15) is 43.3 Å². The molecule has 1 fully saturated rings. The van der Waals surface area contributed by atoms with Gasteiger partial charge in [-0.05, 0) is 19.3 Å². The van der Waals surface area contributed by atoms with Crippen molar-refractivity contribution in [3.05, 3.63) is 12.2 Å². The molecule has 1 heterocycles. The maximum Gasteiger partial charge on any atom is 0.249 e. The number of carbonyl (C=O) groups is 1. The third-order valence-corrected chi connectivity index (χ3v) is 11.1. The van der Waals surface area contributed by atoms with Gasteiger partial charge in [0.1, 0.15) is 30.5 Å². The molecule has 0 aromatic carbocycles. The minimum Gasteiger partial charge on any atom is -0.726 e. The van der Waals surface area contributed by atoms with E-state index in [1.807, 2.05) is 6.08 Å². The topological polar surface area (TPSA) is 252 Å². The zero-order valence-electron chi connectivity index (χ0n) is 35.8. The second kappa shape index (κ2) is 35.5. The summed E-state index contributed by atoms with van der Waals surface area (Å²) in [5.74, 6) is -0.710. The smallest absolute Gasteiger partial charge is 0.249 e. The molecule has 15 heteroatoms. The van der Waals surface area contributed by atoms with Gasteiger partial charge in [-0.2, -0.15) is 0 Å². The van der Waals surface area contributed by atoms with Crippen LogP contribution in [-0.2, 0) is 28.9 Å². The lowest BCUT2D eigenvalue weighted by Gasteiger charge is -2.42. The van der Waals surface area contributed by atoms with Crippen molar-refractivity contribution in [3.8, 4) is 0 Å². The van der Waals surface area contributed by atoms with Gasteiger partial charge in [0.05, 0.1) is 25.4 Å². The summed E-state index contributed by atoms with van der Waals surface area (Å²) in [6.45, 7) is 3.16. The number of aliphatic hydroxyl groups is 5. The van der Waals surface area contributed by atoms with E-state index in [4.69, 9.17) is 9.47 Å². The molecule has 14 nitrogen and oxygen atoms in total. The fourth-order valence-electron chi connectivity index (χ4n) is 7.10. The molecule has 1 saturated heterocycles. The normalized spacial score (nSPS) is 21.6.